The lowest BCUT2D eigenvalue weighted by atomic mass is 10.2. The number of rotatable bonds is 7. The fourth-order valence-corrected chi connectivity index (χ4v) is 2.45. The van der Waals surface area contributed by atoms with Crippen LogP contribution in [0.2, 0.25) is 0 Å². The molecule has 0 aliphatic carbocycles. The maximum absolute atomic E-state index is 11.9. The summed E-state index contributed by atoms with van der Waals surface area (Å²) in [6, 6.07) is 10.0. The predicted molar refractivity (Wildman–Crippen MR) is 119 cm³/mol. The van der Waals surface area contributed by atoms with Gasteiger partial charge in [-0.05, 0) is 12.0 Å². The highest BCUT2D eigenvalue weighted by atomic mass is 127. The Balaban J connectivity index is 0.00000364. The van der Waals surface area contributed by atoms with Crippen molar-refractivity contribution in [3.05, 3.63) is 53.3 Å². The largest absolute Gasteiger partial charge is 0.352 e. The average Bonchev–Trinajstić information content (AvgIpc) is 3.01. The minimum absolute atomic E-state index is 0. The highest BCUT2D eigenvalue weighted by molar-refractivity contribution is 14.0. The molecule has 8 heteroatoms. The number of hydrogen-bond donors (Lipinski definition) is 2. The Morgan fingerprint density at radius 3 is 2.56 bits per heavy atom. The molecular weight excluding hydrogens is 455 g/mol. The molecule has 0 bridgehead atoms. The second-order valence-electron chi connectivity index (χ2n) is 6.27. The Labute approximate surface area is 178 Å². The van der Waals surface area contributed by atoms with Gasteiger partial charge in [0, 0.05) is 39.4 Å². The molecule has 1 aromatic heterocycles. The van der Waals surface area contributed by atoms with Gasteiger partial charge < -0.3 is 15.5 Å². The molecule has 2 rings (SSSR count). The van der Waals surface area contributed by atoms with Crippen LogP contribution in [0.3, 0.4) is 0 Å². The predicted octanol–water partition coefficient (Wildman–Crippen LogP) is 1.92. The molecule has 1 heterocycles. The maximum atomic E-state index is 11.9. The molecule has 0 spiro atoms. The molecule has 2 aromatic rings. The lowest BCUT2D eigenvalue weighted by molar-refractivity contribution is -0.127. The number of likely N-dealkylation sites (N-methyl/N-ethyl adjacent to an activating group) is 1. The highest BCUT2D eigenvalue weighted by Crippen LogP contribution is 2.06. The van der Waals surface area contributed by atoms with E-state index in [0.29, 0.717) is 19.0 Å². The number of halogens is 1. The summed E-state index contributed by atoms with van der Waals surface area (Å²) in [4.78, 5) is 18.0. The number of nitrogens with one attached hydrogen (secondary N) is 2. The molecule has 27 heavy (non-hydrogen) atoms. The molecule has 0 radical (unpaired) electrons. The van der Waals surface area contributed by atoms with Crippen molar-refractivity contribution in [3.63, 3.8) is 0 Å². The molecular formula is C19H29IN6O. The summed E-state index contributed by atoms with van der Waals surface area (Å²) < 4.78 is 1.82. The van der Waals surface area contributed by atoms with Crippen LogP contribution in [-0.4, -0.2) is 47.2 Å². The van der Waals surface area contributed by atoms with E-state index in [4.69, 9.17) is 0 Å². The van der Waals surface area contributed by atoms with Crippen LogP contribution < -0.4 is 10.6 Å². The van der Waals surface area contributed by atoms with Crippen molar-refractivity contribution >= 4 is 35.8 Å². The molecule has 0 atom stereocenters. The fraction of sp³-hybridized carbons (Fsp3) is 0.421. The summed E-state index contributed by atoms with van der Waals surface area (Å²) in [6.07, 6.45) is 2.88. The molecule has 0 saturated carbocycles. The van der Waals surface area contributed by atoms with Crippen molar-refractivity contribution in [1.82, 2.24) is 25.3 Å². The van der Waals surface area contributed by atoms with E-state index in [-0.39, 0.29) is 36.4 Å². The maximum Gasteiger partial charge on any atom is 0.241 e. The van der Waals surface area contributed by atoms with Crippen LogP contribution in [0.1, 0.15) is 23.7 Å². The highest BCUT2D eigenvalue weighted by Gasteiger charge is 2.09. The van der Waals surface area contributed by atoms with E-state index in [1.165, 1.54) is 0 Å². The quantitative estimate of drug-likeness (QED) is 0.358. The molecule has 7 nitrogen and oxygen atoms in total. The molecule has 1 aromatic carbocycles. The normalized spacial score (nSPS) is 10.9. The van der Waals surface area contributed by atoms with E-state index < -0.39 is 0 Å². The first-order valence-corrected chi connectivity index (χ1v) is 8.77. The number of benzene rings is 1. The first-order chi connectivity index (χ1) is 12.5. The van der Waals surface area contributed by atoms with Crippen LogP contribution in [0.25, 0.3) is 0 Å². The summed E-state index contributed by atoms with van der Waals surface area (Å²) in [5, 5.41) is 10.9. The molecule has 0 aliphatic heterocycles. The first kappa shape index (κ1) is 22.9. The van der Waals surface area contributed by atoms with Crippen LogP contribution >= 0.6 is 24.0 Å². The second-order valence-corrected chi connectivity index (χ2v) is 6.27. The van der Waals surface area contributed by atoms with Gasteiger partial charge in [-0.2, -0.15) is 5.10 Å². The van der Waals surface area contributed by atoms with E-state index in [1.54, 1.807) is 19.0 Å². The number of nitrogens with zero attached hydrogens (tertiary/aromatic N) is 4. The van der Waals surface area contributed by atoms with Crippen LogP contribution in [0.5, 0.6) is 0 Å². The lowest BCUT2D eigenvalue weighted by Gasteiger charge is -2.15. The summed E-state index contributed by atoms with van der Waals surface area (Å²) in [5.74, 6) is 0.602. The Morgan fingerprint density at radius 1 is 1.22 bits per heavy atom. The minimum atomic E-state index is -0.00478. The van der Waals surface area contributed by atoms with Gasteiger partial charge >= 0.3 is 0 Å². The summed E-state index contributed by atoms with van der Waals surface area (Å²) in [7, 11) is 5.39. The molecule has 0 saturated heterocycles. The van der Waals surface area contributed by atoms with Gasteiger partial charge in [0.2, 0.25) is 5.91 Å². The molecule has 1 amide bonds. The minimum Gasteiger partial charge on any atom is -0.352 e. The number of aliphatic imine (C=N–C) groups is 1. The summed E-state index contributed by atoms with van der Waals surface area (Å²) >= 11 is 0. The zero-order chi connectivity index (χ0) is 18.9. The van der Waals surface area contributed by atoms with E-state index >= 15 is 0 Å². The lowest BCUT2D eigenvalue weighted by Crippen LogP contribution is -2.42. The van der Waals surface area contributed by atoms with Gasteiger partial charge in [-0.25, -0.2) is 4.99 Å². The van der Waals surface area contributed by atoms with Crippen molar-refractivity contribution in [1.29, 1.82) is 0 Å². The monoisotopic (exact) mass is 484 g/mol. The third-order valence-corrected chi connectivity index (χ3v) is 3.94. The molecule has 2 N–H and O–H groups in total. The number of aromatic nitrogens is 2. The van der Waals surface area contributed by atoms with E-state index in [0.717, 1.165) is 23.2 Å². The van der Waals surface area contributed by atoms with Gasteiger partial charge in [0.05, 0.1) is 18.8 Å². The molecule has 148 valence electrons. The van der Waals surface area contributed by atoms with Crippen molar-refractivity contribution in [2.45, 2.75) is 26.4 Å². The Hall–Kier alpha value is -2.10. The zero-order valence-corrected chi connectivity index (χ0v) is 18.7. The number of carbonyl (C=O) groups is 1. The van der Waals surface area contributed by atoms with Gasteiger partial charge in [0.25, 0.3) is 0 Å². The summed E-state index contributed by atoms with van der Waals surface area (Å²) in [5.41, 5.74) is 3.30. The average molecular weight is 484 g/mol. The van der Waals surface area contributed by atoms with Crippen molar-refractivity contribution in [2.24, 2.45) is 12.0 Å². The molecule has 0 fully saturated rings. The van der Waals surface area contributed by atoms with Crippen molar-refractivity contribution < 1.29 is 4.79 Å². The second kappa shape index (κ2) is 11.6. The number of hydrogen-bond acceptors (Lipinski definition) is 3. The first-order valence-electron chi connectivity index (χ1n) is 8.77. The van der Waals surface area contributed by atoms with Gasteiger partial charge in [0.1, 0.15) is 0 Å². The zero-order valence-electron chi connectivity index (χ0n) is 16.4. The van der Waals surface area contributed by atoms with E-state index in [1.807, 2.05) is 48.3 Å². The third-order valence-electron chi connectivity index (χ3n) is 3.94. The number of aryl methyl sites for hydroxylation is 2. The van der Waals surface area contributed by atoms with Gasteiger partial charge in [-0.15, -0.1) is 24.0 Å². The van der Waals surface area contributed by atoms with Gasteiger partial charge in [-0.3, -0.25) is 9.48 Å². The van der Waals surface area contributed by atoms with Crippen LogP contribution in [0.4, 0.5) is 0 Å². The Kier molecular flexibility index (Phi) is 9.84. The van der Waals surface area contributed by atoms with E-state index in [9.17, 15) is 4.79 Å². The van der Waals surface area contributed by atoms with Crippen molar-refractivity contribution in [3.8, 4) is 0 Å². The fourth-order valence-electron chi connectivity index (χ4n) is 2.45. The SMILES string of the molecule is CCc1nn(C)cc1CNC(=NCc1ccccc1)NCC(=O)N(C)C.I. The third kappa shape index (κ3) is 7.58. The van der Waals surface area contributed by atoms with Crippen LogP contribution in [0, 0.1) is 0 Å². The molecule has 0 aliphatic rings. The standard InChI is InChI=1S/C19H28N6O.HI/c1-5-17-16(14-25(4)23-17)12-21-19(22-13-18(26)24(2)3)20-11-15-9-7-6-8-10-15;/h6-10,14H,5,11-13H2,1-4H3,(H2,20,21,22);1H. The van der Waals surface area contributed by atoms with Crippen LogP contribution in [0.15, 0.2) is 41.5 Å². The van der Waals surface area contributed by atoms with Crippen molar-refractivity contribution in [2.75, 3.05) is 20.6 Å². The molecule has 0 unspecified atom stereocenters. The topological polar surface area (TPSA) is 74.5 Å². The van der Waals surface area contributed by atoms with E-state index in [2.05, 4.69) is 27.6 Å². The Morgan fingerprint density at radius 2 is 1.93 bits per heavy atom. The Bertz CT molecular complexity index is 742. The van der Waals surface area contributed by atoms with Gasteiger partial charge in [-0.1, -0.05) is 37.3 Å². The number of carbonyl (C=O) groups excluding carboxylic acids is 1. The van der Waals surface area contributed by atoms with Crippen LogP contribution in [-0.2, 0) is 31.4 Å². The number of guanidine groups is 1. The smallest absolute Gasteiger partial charge is 0.241 e. The van der Waals surface area contributed by atoms with Gasteiger partial charge in [0.15, 0.2) is 5.96 Å². The number of amides is 1. The summed E-state index contributed by atoms with van der Waals surface area (Å²) in [6.45, 7) is 3.43.